The molecule has 2 nitrogen and oxygen atoms in total. The normalized spacial score (nSPS) is 14.9. The van der Waals surface area contributed by atoms with Gasteiger partial charge in [-0.1, -0.05) is 24.6 Å². The zero-order chi connectivity index (χ0) is 12.1. The van der Waals surface area contributed by atoms with E-state index in [1.54, 1.807) is 0 Å². The van der Waals surface area contributed by atoms with Crippen molar-refractivity contribution < 1.29 is 0 Å². The number of allylic oxidation sites excluding steroid dienone is 3. The lowest BCUT2D eigenvalue weighted by Gasteiger charge is -2.16. The molecule has 17 heavy (non-hydrogen) atoms. The SMILES string of the molecule is CCC1=CC=C(CCc2cccc(C)n2)NC1. The van der Waals surface area contributed by atoms with E-state index in [2.05, 4.69) is 41.5 Å². The van der Waals surface area contributed by atoms with E-state index in [4.69, 9.17) is 0 Å². The highest BCUT2D eigenvalue weighted by Gasteiger charge is 2.04. The van der Waals surface area contributed by atoms with Crippen molar-refractivity contribution in [2.45, 2.75) is 33.1 Å². The standard InChI is InChI=1S/C15H20N2/c1-3-13-7-8-14(16-11-13)9-10-15-6-4-5-12(2)17-15/h4-8,16H,3,9-11H2,1-2H3. The number of nitrogens with zero attached hydrogens (tertiary/aromatic N) is 1. The van der Waals surface area contributed by atoms with Crippen LogP contribution in [0.25, 0.3) is 0 Å². The molecule has 0 amide bonds. The fraction of sp³-hybridized carbons (Fsp3) is 0.400. The van der Waals surface area contributed by atoms with Gasteiger partial charge in [0.2, 0.25) is 0 Å². The first-order valence-electron chi connectivity index (χ1n) is 6.33. The topological polar surface area (TPSA) is 24.9 Å². The maximum absolute atomic E-state index is 4.52. The van der Waals surface area contributed by atoms with Gasteiger partial charge in [-0.2, -0.15) is 0 Å². The third-order valence-electron chi connectivity index (χ3n) is 3.11. The van der Waals surface area contributed by atoms with E-state index in [0.717, 1.165) is 31.5 Å². The predicted molar refractivity (Wildman–Crippen MR) is 71.8 cm³/mol. The van der Waals surface area contributed by atoms with Gasteiger partial charge in [0.05, 0.1) is 0 Å². The zero-order valence-electron chi connectivity index (χ0n) is 10.7. The molecule has 2 rings (SSSR count). The van der Waals surface area contributed by atoms with Crippen LogP contribution < -0.4 is 5.32 Å². The summed E-state index contributed by atoms with van der Waals surface area (Å²) in [4.78, 5) is 4.52. The Balaban J connectivity index is 1.91. The van der Waals surface area contributed by atoms with Crippen LogP contribution in [-0.2, 0) is 6.42 Å². The van der Waals surface area contributed by atoms with Gasteiger partial charge in [-0.3, -0.25) is 4.98 Å². The fourth-order valence-electron chi connectivity index (χ4n) is 1.98. The largest absolute Gasteiger partial charge is 0.385 e. The van der Waals surface area contributed by atoms with Gasteiger partial charge < -0.3 is 5.32 Å². The van der Waals surface area contributed by atoms with Crippen LogP contribution in [0.4, 0.5) is 0 Å². The number of aryl methyl sites for hydroxylation is 2. The smallest absolute Gasteiger partial charge is 0.0410 e. The van der Waals surface area contributed by atoms with Crippen molar-refractivity contribution >= 4 is 0 Å². The highest BCUT2D eigenvalue weighted by Crippen LogP contribution is 2.12. The van der Waals surface area contributed by atoms with Crippen LogP contribution in [0.2, 0.25) is 0 Å². The Bertz CT molecular complexity index is 444. The minimum atomic E-state index is 1.00. The van der Waals surface area contributed by atoms with Crippen LogP contribution in [0.15, 0.2) is 41.6 Å². The van der Waals surface area contributed by atoms with Crippen molar-refractivity contribution in [3.8, 4) is 0 Å². The van der Waals surface area contributed by atoms with Crippen LogP contribution in [0.1, 0.15) is 31.2 Å². The summed E-state index contributed by atoms with van der Waals surface area (Å²) in [6, 6.07) is 6.22. The van der Waals surface area contributed by atoms with Crippen LogP contribution in [-0.4, -0.2) is 11.5 Å². The molecular formula is C15H20N2. The number of hydrogen-bond donors (Lipinski definition) is 1. The molecule has 0 bridgehead atoms. The first-order chi connectivity index (χ1) is 8.28. The monoisotopic (exact) mass is 228 g/mol. The molecule has 1 N–H and O–H groups in total. The summed E-state index contributed by atoms with van der Waals surface area (Å²) in [7, 11) is 0. The maximum atomic E-state index is 4.52. The average Bonchev–Trinajstić information content (AvgIpc) is 2.37. The Kier molecular flexibility index (Phi) is 3.97. The number of nitrogens with one attached hydrogen (secondary N) is 1. The molecule has 0 atom stereocenters. The Morgan fingerprint density at radius 2 is 2.12 bits per heavy atom. The van der Waals surface area contributed by atoms with E-state index in [1.165, 1.54) is 17.0 Å². The number of aromatic nitrogens is 1. The summed E-state index contributed by atoms with van der Waals surface area (Å²) < 4.78 is 0. The summed E-state index contributed by atoms with van der Waals surface area (Å²) in [5.74, 6) is 0. The highest BCUT2D eigenvalue weighted by atomic mass is 14.9. The molecule has 0 saturated carbocycles. The van der Waals surface area contributed by atoms with E-state index in [1.807, 2.05) is 13.0 Å². The molecule has 1 aromatic rings. The summed E-state index contributed by atoms with van der Waals surface area (Å²) in [5, 5.41) is 3.47. The number of hydrogen-bond acceptors (Lipinski definition) is 2. The van der Waals surface area contributed by atoms with Crippen LogP contribution in [0.3, 0.4) is 0 Å². The fourth-order valence-corrected chi connectivity index (χ4v) is 1.98. The Labute approximate surface area is 103 Å². The van der Waals surface area contributed by atoms with Gasteiger partial charge in [0.15, 0.2) is 0 Å². The summed E-state index contributed by atoms with van der Waals surface area (Å²) in [6.45, 7) is 5.24. The van der Waals surface area contributed by atoms with Crippen LogP contribution >= 0.6 is 0 Å². The highest BCUT2D eigenvalue weighted by molar-refractivity contribution is 5.24. The molecule has 2 heterocycles. The van der Waals surface area contributed by atoms with E-state index in [0.29, 0.717) is 0 Å². The number of pyridine rings is 1. The molecule has 0 spiro atoms. The molecule has 0 unspecified atom stereocenters. The van der Waals surface area contributed by atoms with E-state index < -0.39 is 0 Å². The first kappa shape index (κ1) is 11.9. The lowest BCUT2D eigenvalue weighted by atomic mass is 10.1. The third kappa shape index (κ3) is 3.45. The van der Waals surface area contributed by atoms with Gasteiger partial charge in [-0.15, -0.1) is 0 Å². The number of dihydropyridines is 1. The summed E-state index contributed by atoms with van der Waals surface area (Å²) in [6.07, 6.45) is 7.64. The summed E-state index contributed by atoms with van der Waals surface area (Å²) >= 11 is 0. The maximum Gasteiger partial charge on any atom is 0.0410 e. The number of rotatable bonds is 4. The Morgan fingerprint density at radius 3 is 2.76 bits per heavy atom. The van der Waals surface area contributed by atoms with Gasteiger partial charge >= 0.3 is 0 Å². The molecule has 0 saturated heterocycles. The van der Waals surface area contributed by atoms with Crippen molar-refractivity contribution in [2.24, 2.45) is 0 Å². The molecule has 0 fully saturated rings. The third-order valence-corrected chi connectivity index (χ3v) is 3.11. The first-order valence-corrected chi connectivity index (χ1v) is 6.33. The predicted octanol–water partition coefficient (Wildman–Crippen LogP) is 3.15. The Hall–Kier alpha value is -1.57. The lowest BCUT2D eigenvalue weighted by molar-refractivity contribution is 0.748. The molecule has 0 aromatic carbocycles. The molecular weight excluding hydrogens is 208 g/mol. The molecule has 0 radical (unpaired) electrons. The minimum absolute atomic E-state index is 1.00. The van der Waals surface area contributed by atoms with Crippen LogP contribution in [0.5, 0.6) is 0 Å². The second-order valence-electron chi connectivity index (χ2n) is 4.49. The second-order valence-corrected chi connectivity index (χ2v) is 4.49. The van der Waals surface area contributed by atoms with E-state index in [-0.39, 0.29) is 0 Å². The molecule has 1 aliphatic rings. The van der Waals surface area contributed by atoms with Gasteiger partial charge in [0.25, 0.3) is 0 Å². The van der Waals surface area contributed by atoms with Crippen molar-refractivity contribution in [3.05, 3.63) is 53.0 Å². The van der Waals surface area contributed by atoms with E-state index in [9.17, 15) is 0 Å². The van der Waals surface area contributed by atoms with Crippen LogP contribution in [0, 0.1) is 6.92 Å². The lowest BCUT2D eigenvalue weighted by Crippen LogP contribution is -2.19. The van der Waals surface area contributed by atoms with Crippen molar-refractivity contribution in [1.82, 2.24) is 10.3 Å². The molecule has 2 heteroatoms. The summed E-state index contributed by atoms with van der Waals surface area (Å²) in [5.41, 5.74) is 5.08. The van der Waals surface area contributed by atoms with Gasteiger partial charge in [0.1, 0.15) is 0 Å². The van der Waals surface area contributed by atoms with E-state index >= 15 is 0 Å². The second kappa shape index (κ2) is 5.67. The zero-order valence-corrected chi connectivity index (χ0v) is 10.7. The van der Waals surface area contributed by atoms with Crippen molar-refractivity contribution in [3.63, 3.8) is 0 Å². The van der Waals surface area contributed by atoms with Crippen molar-refractivity contribution in [2.75, 3.05) is 6.54 Å². The Morgan fingerprint density at radius 1 is 1.24 bits per heavy atom. The molecule has 90 valence electrons. The van der Waals surface area contributed by atoms with Gasteiger partial charge in [0, 0.05) is 23.6 Å². The molecule has 0 aliphatic carbocycles. The van der Waals surface area contributed by atoms with Gasteiger partial charge in [-0.05, 0) is 44.4 Å². The van der Waals surface area contributed by atoms with Crippen molar-refractivity contribution in [1.29, 1.82) is 0 Å². The quantitative estimate of drug-likeness (QED) is 0.856. The average molecular weight is 228 g/mol. The molecule has 1 aromatic heterocycles. The molecule has 1 aliphatic heterocycles. The van der Waals surface area contributed by atoms with Gasteiger partial charge in [-0.25, -0.2) is 0 Å². The minimum Gasteiger partial charge on any atom is -0.385 e.